The van der Waals surface area contributed by atoms with Crippen molar-refractivity contribution in [1.29, 1.82) is 0 Å². The molecule has 0 bridgehead atoms. The second-order valence-electron chi connectivity index (χ2n) is 2.86. The van der Waals surface area contributed by atoms with Gasteiger partial charge in [0.2, 0.25) is 0 Å². The Morgan fingerprint density at radius 2 is 1.20 bits per heavy atom. The minimum Gasteiger partial charge on any atom is -0.870 e. The smallest absolute Gasteiger partial charge is 0.870 e. The van der Waals surface area contributed by atoms with Gasteiger partial charge in [-0.15, -0.1) is 0 Å². The molecular weight excluding hydrogens is 189 g/mol. The Bertz CT molecular complexity index is 389. The van der Waals surface area contributed by atoms with E-state index in [9.17, 15) is 0 Å². The van der Waals surface area contributed by atoms with Crippen LogP contribution in [0.4, 0.5) is 0 Å². The zero-order valence-corrected chi connectivity index (χ0v) is 8.04. The van der Waals surface area contributed by atoms with Crippen LogP contribution in [0.2, 0.25) is 0 Å². The van der Waals surface area contributed by atoms with Gasteiger partial charge in [0.05, 0.1) is 0 Å². The number of rotatable bonds is 1. The van der Waals surface area contributed by atoms with E-state index in [1.54, 1.807) is 12.4 Å². The minimum atomic E-state index is 0. The molecule has 0 radical (unpaired) electrons. The average molecular weight is 199 g/mol. The first-order valence-corrected chi connectivity index (χ1v) is 4.12. The fourth-order valence-electron chi connectivity index (χ4n) is 1.22. The monoisotopic (exact) mass is 199 g/mol. The summed E-state index contributed by atoms with van der Waals surface area (Å²) in [6.07, 6.45) is 3.57. The Kier molecular flexibility index (Phi) is 5.30. The molecule has 0 atom stereocenters. The van der Waals surface area contributed by atoms with E-state index >= 15 is 0 Å². The second kappa shape index (κ2) is 5.96. The molecule has 2 N–H and O–H groups in total. The van der Waals surface area contributed by atoms with E-state index in [-0.39, 0.29) is 11.0 Å². The van der Waals surface area contributed by atoms with Gasteiger partial charge in [-0.1, -0.05) is 0 Å². The Labute approximate surface area is 89.8 Å². The van der Waals surface area contributed by atoms with E-state index in [2.05, 4.69) is 4.98 Å². The van der Waals surface area contributed by atoms with Crippen LogP contribution in [0.25, 0.3) is 11.1 Å². The molecule has 74 valence electrons. The summed E-state index contributed by atoms with van der Waals surface area (Å²) in [5.41, 5.74) is 3.12. The molecule has 4 heteroatoms. The Morgan fingerprint density at radius 3 is 1.73 bits per heavy atom. The van der Waals surface area contributed by atoms with Crippen molar-refractivity contribution in [3.05, 3.63) is 48.8 Å². The number of nitrogens with zero attached hydrogens (tertiary/aromatic N) is 1. The number of hydrogen-bond acceptors (Lipinski definition) is 3. The van der Waals surface area contributed by atoms with Crippen molar-refractivity contribution in [2.45, 2.75) is 0 Å². The van der Waals surface area contributed by atoms with Gasteiger partial charge in [-0.2, -0.15) is 0 Å². The third-order valence-corrected chi connectivity index (χ3v) is 1.92. The van der Waals surface area contributed by atoms with Gasteiger partial charge in [0.25, 0.3) is 0 Å². The molecule has 1 heterocycles. The predicted octanol–water partition coefficient (Wildman–Crippen LogP) is 1.19. The topological polar surface area (TPSA) is 72.9 Å². The first-order chi connectivity index (χ1) is 6.36. The van der Waals surface area contributed by atoms with E-state index in [0.29, 0.717) is 0 Å². The molecule has 0 aliphatic carbocycles. The summed E-state index contributed by atoms with van der Waals surface area (Å²) in [4.78, 5) is 3.96. The molecule has 2 aromatic rings. The van der Waals surface area contributed by atoms with Crippen LogP contribution in [0.1, 0.15) is 0 Å². The maximum atomic E-state index is 5.59. The zero-order valence-electron chi connectivity index (χ0n) is 8.04. The Hall–Kier alpha value is -1.65. The number of benzene rings is 1. The number of pyridine rings is 1. The molecule has 0 saturated carbocycles. The van der Waals surface area contributed by atoms with Crippen LogP contribution in [0.3, 0.4) is 0 Å². The van der Waals surface area contributed by atoms with Crippen molar-refractivity contribution in [3.8, 4) is 11.1 Å². The third-order valence-electron chi connectivity index (χ3n) is 1.92. The van der Waals surface area contributed by atoms with Crippen molar-refractivity contribution < 1.29 is 11.0 Å². The minimum absolute atomic E-state index is 0. The largest absolute Gasteiger partial charge is 0.870 e. The molecule has 2 rings (SSSR count). The molecule has 15 heavy (non-hydrogen) atoms. The van der Waals surface area contributed by atoms with E-state index < -0.39 is 0 Å². The van der Waals surface area contributed by atoms with Crippen LogP contribution in [0, 0.1) is 0 Å². The van der Waals surface area contributed by atoms with Gasteiger partial charge in [0, 0.05) is 0 Å². The van der Waals surface area contributed by atoms with E-state index in [1.807, 2.05) is 36.4 Å². The van der Waals surface area contributed by atoms with Gasteiger partial charge in [-0.25, -0.2) is 0 Å². The first-order valence-electron chi connectivity index (χ1n) is 4.12. The number of aromatic nitrogens is 1. The summed E-state index contributed by atoms with van der Waals surface area (Å²) in [6, 6.07) is 11.8. The van der Waals surface area contributed by atoms with Crippen molar-refractivity contribution >= 4 is 13.3 Å². The molecular formula is C11H10BNO2. The molecule has 0 fully saturated rings. The Balaban J connectivity index is 0.000000980. The zero-order chi connectivity index (χ0) is 9.10. The standard InChI is InChI=1S/C11H8BN.2H2O/c12-11-3-1-9(2-4-11)10-5-7-13-8-6-10;;/h1-8H;2*1H2/q+2;;/p-2. The summed E-state index contributed by atoms with van der Waals surface area (Å²) >= 11 is 0. The molecule has 0 spiro atoms. The van der Waals surface area contributed by atoms with Crippen LogP contribution in [0.15, 0.2) is 48.8 Å². The van der Waals surface area contributed by atoms with Gasteiger partial charge in [0.15, 0.2) is 0 Å². The SMILES string of the molecule is [B+2]c1ccc(-c2ccncc2)cc1.[OH-].[OH-]. The predicted molar refractivity (Wildman–Crippen MR) is 58.9 cm³/mol. The van der Waals surface area contributed by atoms with Crippen molar-refractivity contribution in [2.24, 2.45) is 0 Å². The van der Waals surface area contributed by atoms with Gasteiger partial charge < -0.3 is 11.0 Å². The van der Waals surface area contributed by atoms with Crippen LogP contribution in [0.5, 0.6) is 0 Å². The molecule has 0 aliphatic heterocycles. The molecule has 1 aromatic heterocycles. The van der Waals surface area contributed by atoms with Crippen molar-refractivity contribution in [1.82, 2.24) is 4.98 Å². The maximum Gasteiger partial charge on any atom is -0.870 e. The first kappa shape index (κ1) is 13.4. The molecule has 0 saturated heterocycles. The normalized spacial score (nSPS) is 8.67. The summed E-state index contributed by atoms with van der Waals surface area (Å²) < 4.78 is 0. The van der Waals surface area contributed by atoms with E-state index in [0.717, 1.165) is 16.6 Å². The molecule has 0 amide bonds. The third kappa shape index (κ3) is 3.20. The van der Waals surface area contributed by atoms with Crippen molar-refractivity contribution in [3.63, 3.8) is 0 Å². The van der Waals surface area contributed by atoms with E-state index in [1.165, 1.54) is 0 Å². The summed E-state index contributed by atoms with van der Waals surface area (Å²) in [6.45, 7) is 0. The quantitative estimate of drug-likeness (QED) is 0.647. The average Bonchev–Trinajstić information content (AvgIpc) is 2.20. The summed E-state index contributed by atoms with van der Waals surface area (Å²) in [5.74, 6) is 0. The van der Waals surface area contributed by atoms with Crippen LogP contribution < -0.4 is 5.46 Å². The fraction of sp³-hybridized carbons (Fsp3) is 0. The second-order valence-corrected chi connectivity index (χ2v) is 2.86. The van der Waals surface area contributed by atoms with Crippen LogP contribution in [-0.2, 0) is 0 Å². The molecule has 0 aliphatic rings. The summed E-state index contributed by atoms with van der Waals surface area (Å²) in [7, 11) is 5.59. The molecule has 3 nitrogen and oxygen atoms in total. The van der Waals surface area contributed by atoms with Gasteiger partial charge >= 0.3 is 78.2 Å². The number of hydrogen-bond donors (Lipinski definition) is 0. The maximum absolute atomic E-state index is 5.59. The van der Waals surface area contributed by atoms with Crippen molar-refractivity contribution in [2.75, 3.05) is 0 Å². The molecule has 1 aromatic carbocycles. The van der Waals surface area contributed by atoms with Crippen LogP contribution >= 0.6 is 0 Å². The molecule has 0 unspecified atom stereocenters. The summed E-state index contributed by atoms with van der Waals surface area (Å²) in [5, 5.41) is 0. The fourth-order valence-corrected chi connectivity index (χ4v) is 1.22. The van der Waals surface area contributed by atoms with Crippen LogP contribution in [-0.4, -0.2) is 23.8 Å². The Morgan fingerprint density at radius 1 is 0.733 bits per heavy atom. The van der Waals surface area contributed by atoms with Gasteiger partial charge in [-0.3, -0.25) is 0 Å². The van der Waals surface area contributed by atoms with Gasteiger partial charge in [0.1, 0.15) is 0 Å². The van der Waals surface area contributed by atoms with Gasteiger partial charge in [-0.05, 0) is 0 Å². The van der Waals surface area contributed by atoms with E-state index in [4.69, 9.17) is 7.85 Å².